The maximum absolute atomic E-state index is 12.4. The molecule has 5 heteroatoms. The molecule has 2 aromatic rings. The molecule has 0 aliphatic rings. The number of rotatable bonds is 5. The Morgan fingerprint density at radius 1 is 1.04 bits per heavy atom. The van der Waals surface area contributed by atoms with E-state index in [-0.39, 0.29) is 18.4 Å². The number of carbonyl (C=O) groups is 2. The van der Waals surface area contributed by atoms with Crippen LogP contribution in [-0.4, -0.2) is 42.5 Å². The first-order valence-corrected chi connectivity index (χ1v) is 7.31. The van der Waals surface area contributed by atoms with E-state index in [1.807, 2.05) is 30.3 Å². The number of carbonyl (C=O) groups excluding carboxylic acids is 2. The monoisotopic (exact) mass is 312 g/mol. The molecule has 0 aliphatic heterocycles. The number of hydrogen-bond acceptors (Lipinski definition) is 3. The van der Waals surface area contributed by atoms with Crippen molar-refractivity contribution >= 4 is 11.8 Å². The molecule has 0 saturated heterocycles. The molecule has 2 rings (SSSR count). The van der Waals surface area contributed by atoms with Gasteiger partial charge < -0.3 is 15.3 Å². The largest absolute Gasteiger partial charge is 0.394 e. The van der Waals surface area contributed by atoms with Crippen molar-refractivity contribution in [2.75, 3.05) is 20.7 Å². The molecule has 0 saturated carbocycles. The highest BCUT2D eigenvalue weighted by Crippen LogP contribution is 2.14. The van der Waals surface area contributed by atoms with Crippen LogP contribution in [0.3, 0.4) is 0 Å². The van der Waals surface area contributed by atoms with Crippen LogP contribution in [0.25, 0.3) is 0 Å². The predicted molar refractivity (Wildman–Crippen MR) is 88.2 cm³/mol. The first kappa shape index (κ1) is 16.7. The number of nitrogens with one attached hydrogen (secondary N) is 1. The Labute approximate surface area is 135 Å². The van der Waals surface area contributed by atoms with Gasteiger partial charge in [-0.25, -0.2) is 0 Å². The van der Waals surface area contributed by atoms with Crippen molar-refractivity contribution < 1.29 is 14.7 Å². The Kier molecular flexibility index (Phi) is 5.49. The van der Waals surface area contributed by atoms with Crippen LogP contribution in [0, 0.1) is 0 Å². The molecule has 23 heavy (non-hydrogen) atoms. The minimum atomic E-state index is -0.489. The fourth-order valence-corrected chi connectivity index (χ4v) is 2.21. The van der Waals surface area contributed by atoms with Crippen molar-refractivity contribution in [3.63, 3.8) is 0 Å². The van der Waals surface area contributed by atoms with E-state index < -0.39 is 6.04 Å². The summed E-state index contributed by atoms with van der Waals surface area (Å²) in [4.78, 5) is 25.8. The number of aliphatic hydroxyl groups excluding tert-OH is 1. The van der Waals surface area contributed by atoms with Gasteiger partial charge in [0.05, 0.1) is 12.6 Å². The van der Waals surface area contributed by atoms with Crippen molar-refractivity contribution in [1.29, 1.82) is 0 Å². The molecule has 0 heterocycles. The van der Waals surface area contributed by atoms with Crippen LogP contribution in [0.5, 0.6) is 0 Å². The third-order valence-corrected chi connectivity index (χ3v) is 3.47. The van der Waals surface area contributed by atoms with Gasteiger partial charge in [-0.05, 0) is 23.8 Å². The minimum Gasteiger partial charge on any atom is -0.394 e. The summed E-state index contributed by atoms with van der Waals surface area (Å²) >= 11 is 0. The second-order valence-electron chi connectivity index (χ2n) is 5.40. The van der Waals surface area contributed by atoms with E-state index in [1.165, 1.54) is 4.90 Å². The zero-order valence-electron chi connectivity index (χ0n) is 13.2. The Hall–Kier alpha value is -2.66. The highest BCUT2D eigenvalue weighted by atomic mass is 16.3. The highest BCUT2D eigenvalue weighted by molar-refractivity contribution is 5.99. The lowest BCUT2D eigenvalue weighted by Gasteiger charge is -2.17. The first-order chi connectivity index (χ1) is 11.0. The van der Waals surface area contributed by atoms with E-state index in [0.717, 1.165) is 5.56 Å². The normalized spacial score (nSPS) is 11.6. The molecule has 0 fully saturated rings. The summed E-state index contributed by atoms with van der Waals surface area (Å²) in [5, 5.41) is 12.3. The summed E-state index contributed by atoms with van der Waals surface area (Å²) < 4.78 is 0. The van der Waals surface area contributed by atoms with Crippen LogP contribution in [-0.2, 0) is 0 Å². The van der Waals surface area contributed by atoms with Crippen LogP contribution in [0.4, 0.5) is 0 Å². The predicted octanol–water partition coefficient (Wildman–Crippen LogP) is 1.85. The summed E-state index contributed by atoms with van der Waals surface area (Å²) in [7, 11) is 3.32. The SMILES string of the molecule is CN(C)C(=O)c1cccc(C(=O)NC(CO)c2ccccc2)c1. The fraction of sp³-hybridized carbons (Fsp3) is 0.222. The van der Waals surface area contributed by atoms with Gasteiger partial charge in [-0.3, -0.25) is 9.59 Å². The third-order valence-electron chi connectivity index (χ3n) is 3.47. The average Bonchev–Trinajstić information content (AvgIpc) is 2.59. The van der Waals surface area contributed by atoms with Gasteiger partial charge in [0.25, 0.3) is 11.8 Å². The summed E-state index contributed by atoms with van der Waals surface area (Å²) in [6.45, 7) is -0.202. The maximum atomic E-state index is 12.4. The third kappa shape index (κ3) is 4.17. The van der Waals surface area contributed by atoms with Gasteiger partial charge in [-0.15, -0.1) is 0 Å². The van der Waals surface area contributed by atoms with Gasteiger partial charge in [0.2, 0.25) is 0 Å². The molecule has 0 bridgehead atoms. The van der Waals surface area contributed by atoms with Crippen molar-refractivity contribution in [3.8, 4) is 0 Å². The molecule has 2 aromatic carbocycles. The van der Waals surface area contributed by atoms with E-state index in [9.17, 15) is 14.7 Å². The smallest absolute Gasteiger partial charge is 0.253 e. The lowest BCUT2D eigenvalue weighted by Crippen LogP contribution is -2.31. The van der Waals surface area contributed by atoms with Gasteiger partial charge >= 0.3 is 0 Å². The Bertz CT molecular complexity index is 684. The summed E-state index contributed by atoms with van der Waals surface area (Å²) in [6.07, 6.45) is 0. The molecule has 1 atom stereocenters. The second kappa shape index (κ2) is 7.56. The fourth-order valence-electron chi connectivity index (χ4n) is 2.21. The van der Waals surface area contributed by atoms with Gasteiger partial charge in [-0.2, -0.15) is 0 Å². The maximum Gasteiger partial charge on any atom is 0.253 e. The van der Waals surface area contributed by atoms with E-state index in [4.69, 9.17) is 0 Å². The molecule has 1 unspecified atom stereocenters. The van der Waals surface area contributed by atoms with E-state index in [2.05, 4.69) is 5.32 Å². The molecule has 0 aliphatic carbocycles. The van der Waals surface area contributed by atoms with Gasteiger partial charge in [0.15, 0.2) is 0 Å². The van der Waals surface area contributed by atoms with Crippen LogP contribution < -0.4 is 5.32 Å². The molecule has 0 aromatic heterocycles. The zero-order chi connectivity index (χ0) is 16.8. The van der Waals surface area contributed by atoms with E-state index in [0.29, 0.717) is 11.1 Å². The Morgan fingerprint density at radius 2 is 1.70 bits per heavy atom. The lowest BCUT2D eigenvalue weighted by molar-refractivity contribution is 0.0827. The quantitative estimate of drug-likeness (QED) is 0.885. The Balaban J connectivity index is 2.17. The van der Waals surface area contributed by atoms with Crippen molar-refractivity contribution in [1.82, 2.24) is 10.2 Å². The van der Waals surface area contributed by atoms with E-state index in [1.54, 1.807) is 38.4 Å². The molecule has 2 amide bonds. The number of hydrogen-bond donors (Lipinski definition) is 2. The van der Waals surface area contributed by atoms with Crippen LogP contribution in [0.1, 0.15) is 32.3 Å². The zero-order valence-corrected chi connectivity index (χ0v) is 13.2. The average molecular weight is 312 g/mol. The van der Waals surface area contributed by atoms with Crippen molar-refractivity contribution in [2.45, 2.75) is 6.04 Å². The van der Waals surface area contributed by atoms with Crippen molar-refractivity contribution in [3.05, 3.63) is 71.3 Å². The van der Waals surface area contributed by atoms with Crippen LogP contribution >= 0.6 is 0 Å². The van der Waals surface area contributed by atoms with Crippen LogP contribution in [0.2, 0.25) is 0 Å². The molecule has 2 N–H and O–H groups in total. The molecule has 0 spiro atoms. The standard InChI is InChI=1S/C18H20N2O3/c1-20(2)18(23)15-10-6-9-14(11-15)17(22)19-16(12-21)13-7-4-3-5-8-13/h3-11,16,21H,12H2,1-2H3,(H,19,22). The molecule has 5 nitrogen and oxygen atoms in total. The van der Waals surface area contributed by atoms with Crippen molar-refractivity contribution in [2.24, 2.45) is 0 Å². The topological polar surface area (TPSA) is 69.6 Å². The van der Waals surface area contributed by atoms with Gasteiger partial charge in [-0.1, -0.05) is 36.4 Å². The summed E-state index contributed by atoms with van der Waals surface area (Å²) in [5.74, 6) is -0.497. The summed E-state index contributed by atoms with van der Waals surface area (Å²) in [5.41, 5.74) is 1.65. The number of amides is 2. The molecule has 0 radical (unpaired) electrons. The number of nitrogens with zero attached hydrogens (tertiary/aromatic N) is 1. The Morgan fingerprint density at radius 3 is 2.30 bits per heavy atom. The minimum absolute atomic E-state index is 0.165. The lowest BCUT2D eigenvalue weighted by atomic mass is 10.1. The molecular formula is C18H20N2O3. The molecule has 120 valence electrons. The van der Waals surface area contributed by atoms with E-state index >= 15 is 0 Å². The number of benzene rings is 2. The van der Waals surface area contributed by atoms with Gasteiger partial charge in [0, 0.05) is 25.2 Å². The van der Waals surface area contributed by atoms with Crippen LogP contribution in [0.15, 0.2) is 54.6 Å². The molecular weight excluding hydrogens is 292 g/mol. The highest BCUT2D eigenvalue weighted by Gasteiger charge is 2.16. The number of aliphatic hydroxyl groups is 1. The second-order valence-corrected chi connectivity index (χ2v) is 5.40. The first-order valence-electron chi connectivity index (χ1n) is 7.31. The summed E-state index contributed by atoms with van der Waals surface area (Å²) in [6, 6.07) is 15.3. The van der Waals surface area contributed by atoms with Gasteiger partial charge in [0.1, 0.15) is 0 Å².